The van der Waals surface area contributed by atoms with Crippen molar-refractivity contribution < 1.29 is 19.4 Å². The van der Waals surface area contributed by atoms with Crippen LogP contribution in [0.2, 0.25) is 0 Å². The van der Waals surface area contributed by atoms with Crippen LogP contribution in [0.1, 0.15) is 19.8 Å². The first-order valence-corrected chi connectivity index (χ1v) is 5.73. The van der Waals surface area contributed by atoms with Crippen molar-refractivity contribution in [2.75, 3.05) is 19.7 Å². The highest BCUT2D eigenvalue weighted by atomic mass is 16.5. The molecule has 0 aromatic rings. The van der Waals surface area contributed by atoms with Gasteiger partial charge in [0.05, 0.1) is 5.92 Å². The number of aliphatic carboxylic acids is 1. The Morgan fingerprint density at radius 1 is 1.38 bits per heavy atom. The van der Waals surface area contributed by atoms with Crippen LogP contribution in [0.5, 0.6) is 0 Å². The van der Waals surface area contributed by atoms with Gasteiger partial charge in [-0.05, 0) is 18.8 Å². The summed E-state index contributed by atoms with van der Waals surface area (Å²) in [4.78, 5) is 24.5. The Morgan fingerprint density at radius 2 is 2.12 bits per heavy atom. The molecule has 16 heavy (non-hydrogen) atoms. The van der Waals surface area contributed by atoms with Crippen LogP contribution in [-0.4, -0.2) is 47.7 Å². The van der Waals surface area contributed by atoms with Crippen LogP contribution in [0.4, 0.5) is 0 Å². The maximum absolute atomic E-state index is 12.0. The van der Waals surface area contributed by atoms with Crippen LogP contribution in [0.3, 0.4) is 0 Å². The number of carbonyl (C=O) groups excluding carboxylic acids is 1. The molecule has 0 aliphatic carbocycles. The van der Waals surface area contributed by atoms with Crippen molar-refractivity contribution in [1.82, 2.24) is 4.90 Å². The second-order valence-corrected chi connectivity index (χ2v) is 4.67. The molecule has 0 radical (unpaired) electrons. The summed E-state index contributed by atoms with van der Waals surface area (Å²) in [5, 5.41) is 8.98. The number of carboxylic acid groups (broad SMARTS) is 1. The third kappa shape index (κ3) is 2.04. The van der Waals surface area contributed by atoms with Crippen molar-refractivity contribution in [3.63, 3.8) is 0 Å². The second-order valence-electron chi connectivity index (χ2n) is 4.67. The molecule has 2 aliphatic heterocycles. The van der Waals surface area contributed by atoms with Gasteiger partial charge in [0.1, 0.15) is 6.10 Å². The van der Waals surface area contributed by atoms with Gasteiger partial charge in [0, 0.05) is 19.7 Å². The van der Waals surface area contributed by atoms with E-state index in [9.17, 15) is 9.59 Å². The molecule has 0 aromatic heterocycles. The highest BCUT2D eigenvalue weighted by molar-refractivity contribution is 5.82. The Kier molecular flexibility index (Phi) is 3.14. The van der Waals surface area contributed by atoms with E-state index in [1.165, 1.54) is 0 Å². The number of ether oxygens (including phenoxy) is 1. The average molecular weight is 227 g/mol. The summed E-state index contributed by atoms with van der Waals surface area (Å²) in [7, 11) is 0. The number of amides is 1. The molecule has 2 heterocycles. The van der Waals surface area contributed by atoms with Gasteiger partial charge in [0.25, 0.3) is 5.91 Å². The molecule has 2 fully saturated rings. The number of carboxylic acids is 1. The zero-order valence-electron chi connectivity index (χ0n) is 9.39. The van der Waals surface area contributed by atoms with E-state index in [-0.39, 0.29) is 17.9 Å². The van der Waals surface area contributed by atoms with Gasteiger partial charge in [-0.2, -0.15) is 0 Å². The number of hydrogen-bond donors (Lipinski definition) is 1. The standard InChI is InChI=1S/C11H17NO4/c1-7-5-12(6-8(7)11(14)15)10(13)9-3-2-4-16-9/h7-9H,2-6H2,1H3,(H,14,15)/t7-,8-,9+/m1/s1. The maximum atomic E-state index is 12.0. The van der Waals surface area contributed by atoms with Crippen molar-refractivity contribution in [3.05, 3.63) is 0 Å². The predicted octanol–water partition coefficient (Wildman–Crippen LogP) is 0.344. The van der Waals surface area contributed by atoms with E-state index in [1.54, 1.807) is 4.90 Å². The highest BCUT2D eigenvalue weighted by Crippen LogP contribution is 2.25. The lowest BCUT2D eigenvalue weighted by molar-refractivity contribution is -0.143. The second kappa shape index (κ2) is 4.41. The number of likely N-dealkylation sites (tertiary alicyclic amines) is 1. The summed E-state index contributed by atoms with van der Waals surface area (Å²) >= 11 is 0. The molecule has 5 heteroatoms. The summed E-state index contributed by atoms with van der Waals surface area (Å²) in [5.41, 5.74) is 0. The molecule has 5 nitrogen and oxygen atoms in total. The van der Waals surface area contributed by atoms with E-state index >= 15 is 0 Å². The van der Waals surface area contributed by atoms with Gasteiger partial charge in [-0.25, -0.2) is 0 Å². The minimum absolute atomic E-state index is 0.0304. The molecule has 1 N–H and O–H groups in total. The smallest absolute Gasteiger partial charge is 0.308 e. The molecular weight excluding hydrogens is 210 g/mol. The lowest BCUT2D eigenvalue weighted by Gasteiger charge is -2.19. The van der Waals surface area contributed by atoms with Gasteiger partial charge in [-0.1, -0.05) is 6.92 Å². The lowest BCUT2D eigenvalue weighted by atomic mass is 9.99. The Morgan fingerprint density at radius 3 is 2.62 bits per heavy atom. The monoisotopic (exact) mass is 227 g/mol. The van der Waals surface area contributed by atoms with E-state index in [4.69, 9.17) is 9.84 Å². The molecule has 0 unspecified atom stereocenters. The SMILES string of the molecule is C[C@@H]1CN(C(=O)[C@@H]2CCCO2)C[C@H]1C(=O)O. The number of carbonyl (C=O) groups is 2. The van der Waals surface area contributed by atoms with Gasteiger partial charge in [-0.15, -0.1) is 0 Å². The molecule has 2 aliphatic rings. The Balaban J connectivity index is 1.96. The van der Waals surface area contributed by atoms with E-state index in [0.717, 1.165) is 12.8 Å². The van der Waals surface area contributed by atoms with Crippen molar-refractivity contribution in [2.24, 2.45) is 11.8 Å². The van der Waals surface area contributed by atoms with E-state index in [2.05, 4.69) is 0 Å². The topological polar surface area (TPSA) is 66.8 Å². The van der Waals surface area contributed by atoms with Gasteiger partial charge >= 0.3 is 5.97 Å². The fourth-order valence-corrected chi connectivity index (χ4v) is 2.44. The molecule has 3 atom stereocenters. The van der Waals surface area contributed by atoms with Crippen LogP contribution in [0.25, 0.3) is 0 Å². The first-order chi connectivity index (χ1) is 7.59. The fourth-order valence-electron chi connectivity index (χ4n) is 2.44. The Labute approximate surface area is 94.4 Å². The van der Waals surface area contributed by atoms with Gasteiger partial charge < -0.3 is 14.7 Å². The summed E-state index contributed by atoms with van der Waals surface area (Å²) in [5.74, 6) is -1.24. The summed E-state index contributed by atoms with van der Waals surface area (Å²) in [6.07, 6.45) is 1.35. The largest absolute Gasteiger partial charge is 0.481 e. The lowest BCUT2D eigenvalue weighted by Crippen LogP contribution is -2.37. The normalized spacial score (nSPS) is 34.3. The first kappa shape index (κ1) is 11.4. The maximum Gasteiger partial charge on any atom is 0.308 e. The third-order valence-corrected chi connectivity index (χ3v) is 3.45. The average Bonchev–Trinajstić information content (AvgIpc) is 2.84. The zero-order chi connectivity index (χ0) is 11.7. The van der Waals surface area contributed by atoms with Crippen molar-refractivity contribution in [2.45, 2.75) is 25.9 Å². The zero-order valence-corrected chi connectivity index (χ0v) is 9.39. The van der Waals surface area contributed by atoms with E-state index < -0.39 is 11.9 Å². The quantitative estimate of drug-likeness (QED) is 0.739. The molecule has 0 aromatic carbocycles. The molecule has 2 rings (SSSR count). The Bertz CT molecular complexity index is 298. The van der Waals surface area contributed by atoms with Crippen molar-refractivity contribution in [3.8, 4) is 0 Å². The van der Waals surface area contributed by atoms with Gasteiger partial charge in [0.15, 0.2) is 0 Å². The molecule has 0 bridgehead atoms. The number of hydrogen-bond acceptors (Lipinski definition) is 3. The first-order valence-electron chi connectivity index (χ1n) is 5.73. The number of nitrogens with zero attached hydrogens (tertiary/aromatic N) is 1. The van der Waals surface area contributed by atoms with Gasteiger partial charge in [0.2, 0.25) is 0 Å². The number of rotatable bonds is 2. The van der Waals surface area contributed by atoms with Crippen LogP contribution >= 0.6 is 0 Å². The van der Waals surface area contributed by atoms with E-state index in [1.807, 2.05) is 6.92 Å². The molecule has 90 valence electrons. The minimum Gasteiger partial charge on any atom is -0.481 e. The summed E-state index contributed by atoms with van der Waals surface area (Å²) in [6.45, 7) is 3.38. The van der Waals surface area contributed by atoms with Crippen LogP contribution < -0.4 is 0 Å². The molecular formula is C11H17NO4. The molecule has 1 amide bonds. The summed E-state index contributed by atoms with van der Waals surface area (Å²) < 4.78 is 5.32. The highest BCUT2D eigenvalue weighted by Gasteiger charge is 2.39. The van der Waals surface area contributed by atoms with Crippen LogP contribution in [0.15, 0.2) is 0 Å². The third-order valence-electron chi connectivity index (χ3n) is 3.45. The van der Waals surface area contributed by atoms with Crippen molar-refractivity contribution >= 4 is 11.9 Å². The van der Waals surface area contributed by atoms with Gasteiger partial charge in [-0.3, -0.25) is 9.59 Å². The molecule has 2 saturated heterocycles. The summed E-state index contributed by atoms with van der Waals surface area (Å²) in [6, 6.07) is 0. The predicted molar refractivity (Wildman–Crippen MR) is 55.8 cm³/mol. The van der Waals surface area contributed by atoms with E-state index in [0.29, 0.717) is 19.7 Å². The fraction of sp³-hybridized carbons (Fsp3) is 0.818. The van der Waals surface area contributed by atoms with Crippen LogP contribution in [-0.2, 0) is 14.3 Å². The minimum atomic E-state index is -0.810. The van der Waals surface area contributed by atoms with Crippen LogP contribution in [0, 0.1) is 11.8 Å². The Hall–Kier alpha value is -1.10. The molecule has 0 saturated carbocycles. The van der Waals surface area contributed by atoms with Crippen molar-refractivity contribution in [1.29, 1.82) is 0 Å². The molecule has 0 spiro atoms.